The minimum atomic E-state index is -0.457. The molecule has 2 aliphatic rings. The lowest BCUT2D eigenvalue weighted by atomic mass is 9.93. The number of nitrogens with zero attached hydrogens (tertiary/aromatic N) is 3. The summed E-state index contributed by atoms with van der Waals surface area (Å²) in [6.07, 6.45) is 5.69. The number of hydrogen-bond donors (Lipinski definition) is 2. The normalized spacial score (nSPS) is 14.5. The number of H-pyrrole nitrogens is 1. The first-order chi connectivity index (χ1) is 14.1. The molecule has 1 aromatic carbocycles. The molecular formula is C20H25N5O3S. The molecule has 29 heavy (non-hydrogen) atoms. The van der Waals surface area contributed by atoms with Crippen molar-refractivity contribution in [3.8, 4) is 6.07 Å². The summed E-state index contributed by atoms with van der Waals surface area (Å²) in [7, 11) is 0. The second-order valence-electron chi connectivity index (χ2n) is 6.33. The molecule has 2 aromatic rings. The monoisotopic (exact) mass is 415 g/mol. The average molecular weight is 416 g/mol. The maximum atomic E-state index is 11.2. The molecule has 1 saturated carbocycles. The van der Waals surface area contributed by atoms with E-state index in [4.69, 9.17) is 5.26 Å². The summed E-state index contributed by atoms with van der Waals surface area (Å²) in [5.41, 5.74) is 2.67. The third kappa shape index (κ3) is 6.06. The lowest BCUT2D eigenvalue weighted by Gasteiger charge is -2.27. The Kier molecular flexibility index (Phi) is 8.68. The van der Waals surface area contributed by atoms with Gasteiger partial charge in [0.05, 0.1) is 28.6 Å². The fourth-order valence-corrected chi connectivity index (χ4v) is 3.80. The highest BCUT2D eigenvalue weighted by Crippen LogP contribution is 2.30. The van der Waals surface area contributed by atoms with Gasteiger partial charge in [-0.15, -0.1) is 0 Å². The van der Waals surface area contributed by atoms with Crippen molar-refractivity contribution in [1.82, 2.24) is 9.97 Å². The molecule has 1 aliphatic carbocycles. The van der Waals surface area contributed by atoms with Crippen molar-refractivity contribution in [2.75, 3.05) is 11.1 Å². The minimum absolute atomic E-state index is 0.0223. The Morgan fingerprint density at radius 3 is 2.72 bits per heavy atom. The number of anilines is 1. The van der Waals surface area contributed by atoms with E-state index in [2.05, 4.69) is 15.3 Å². The summed E-state index contributed by atoms with van der Waals surface area (Å²) in [4.78, 5) is 28.2. The molecule has 8 nitrogen and oxygen atoms in total. The number of hydrogen-bond acceptors (Lipinski definition) is 7. The van der Waals surface area contributed by atoms with E-state index in [1.54, 1.807) is 23.9 Å². The molecule has 0 radical (unpaired) electrons. The highest BCUT2D eigenvalue weighted by atomic mass is 32.2. The number of aryl methyl sites for hydroxylation is 1. The fraction of sp³-hybridized carbons (Fsp3) is 0.450. The van der Waals surface area contributed by atoms with Crippen molar-refractivity contribution in [2.24, 2.45) is 0 Å². The van der Waals surface area contributed by atoms with Crippen molar-refractivity contribution in [3.63, 3.8) is 0 Å². The third-order valence-electron chi connectivity index (χ3n) is 4.56. The van der Waals surface area contributed by atoms with Crippen molar-refractivity contribution in [3.05, 3.63) is 61.8 Å². The zero-order valence-corrected chi connectivity index (χ0v) is 17.4. The Morgan fingerprint density at radius 1 is 1.38 bits per heavy atom. The lowest BCUT2D eigenvalue weighted by Crippen LogP contribution is -2.27. The molecule has 4 rings (SSSR count). The first kappa shape index (κ1) is 22.4. The summed E-state index contributed by atoms with van der Waals surface area (Å²) < 4.78 is 0. The van der Waals surface area contributed by atoms with Crippen molar-refractivity contribution in [1.29, 1.82) is 5.26 Å². The van der Waals surface area contributed by atoms with Crippen LogP contribution in [0.25, 0.3) is 0 Å². The van der Waals surface area contributed by atoms with Crippen molar-refractivity contribution in [2.45, 2.75) is 51.3 Å². The lowest BCUT2D eigenvalue weighted by molar-refractivity contribution is -0.384. The van der Waals surface area contributed by atoms with Gasteiger partial charge in [-0.25, -0.2) is 4.98 Å². The number of aromatic amines is 1. The van der Waals surface area contributed by atoms with Gasteiger partial charge < -0.3 is 10.3 Å². The van der Waals surface area contributed by atoms with Crippen LogP contribution in [-0.2, 0) is 12.2 Å². The molecule has 1 aromatic heterocycles. The molecular weight excluding hydrogens is 390 g/mol. The fourth-order valence-electron chi connectivity index (χ4n) is 2.82. The summed E-state index contributed by atoms with van der Waals surface area (Å²) in [5.74, 6) is 1.90. The van der Waals surface area contributed by atoms with Crippen LogP contribution in [0.3, 0.4) is 0 Å². The first-order valence-electron chi connectivity index (χ1n) is 9.66. The largest absolute Gasteiger partial charge is 0.377 e. The van der Waals surface area contributed by atoms with Gasteiger partial charge in [0.1, 0.15) is 5.69 Å². The summed E-state index contributed by atoms with van der Waals surface area (Å²) in [5, 5.41) is 22.6. The van der Waals surface area contributed by atoms with Gasteiger partial charge in [0.2, 0.25) is 0 Å². The second kappa shape index (κ2) is 11.2. The zero-order valence-electron chi connectivity index (χ0n) is 16.6. The topological polar surface area (TPSA) is 125 Å². The molecule has 0 atom stereocenters. The van der Waals surface area contributed by atoms with Gasteiger partial charge in [0, 0.05) is 23.4 Å². The Balaban J connectivity index is 0.000000201. The smallest absolute Gasteiger partial charge is 0.293 e. The quantitative estimate of drug-likeness (QED) is 0.573. The number of nitriles is 1. The highest BCUT2D eigenvalue weighted by Gasteiger charge is 2.21. The van der Waals surface area contributed by atoms with Crippen LogP contribution in [0, 0.1) is 21.4 Å². The number of nitrogens with one attached hydrogen (secondary N) is 2. The molecule has 0 unspecified atom stereocenters. The van der Waals surface area contributed by atoms with Crippen LogP contribution in [0.1, 0.15) is 49.9 Å². The Bertz CT molecular complexity index is 934. The summed E-state index contributed by atoms with van der Waals surface area (Å²) >= 11 is 1.79. The molecule has 0 bridgehead atoms. The van der Waals surface area contributed by atoms with E-state index in [1.165, 1.54) is 18.8 Å². The predicted molar refractivity (Wildman–Crippen MR) is 115 cm³/mol. The molecule has 0 amide bonds. The maximum absolute atomic E-state index is 11.2. The third-order valence-corrected chi connectivity index (χ3v) is 5.54. The van der Waals surface area contributed by atoms with E-state index < -0.39 is 4.92 Å². The molecule has 2 heterocycles. The van der Waals surface area contributed by atoms with Gasteiger partial charge in [-0.1, -0.05) is 13.8 Å². The summed E-state index contributed by atoms with van der Waals surface area (Å²) in [6.45, 7) is 4.00. The van der Waals surface area contributed by atoms with E-state index >= 15 is 0 Å². The van der Waals surface area contributed by atoms with E-state index in [0.717, 1.165) is 42.0 Å². The van der Waals surface area contributed by atoms with Gasteiger partial charge in [-0.3, -0.25) is 14.9 Å². The minimum Gasteiger partial charge on any atom is -0.377 e. The van der Waals surface area contributed by atoms with Gasteiger partial charge in [-0.05, 0) is 43.6 Å². The van der Waals surface area contributed by atoms with Crippen LogP contribution < -0.4 is 10.9 Å². The standard InChI is InChI=1S/C11H11N3O2.C7H8N2OS.C2H6/c12-7-8-4-5-10(11(6-8)14(15)16)13-9-2-1-3-9;10-7-5-3-11-2-1-6(5)8-4-9-7;1-2/h4-6,9,13H,1-3H2;4H,1-3H2,(H,8,9,10);1-2H3. The van der Waals surface area contributed by atoms with E-state index in [-0.39, 0.29) is 11.2 Å². The number of rotatable bonds is 3. The number of fused-ring (bicyclic) bond motifs is 1. The molecule has 1 fully saturated rings. The van der Waals surface area contributed by atoms with E-state index in [9.17, 15) is 14.9 Å². The zero-order chi connectivity index (χ0) is 21.2. The molecule has 154 valence electrons. The number of aromatic nitrogens is 2. The van der Waals surface area contributed by atoms with Crippen LogP contribution in [0.2, 0.25) is 0 Å². The average Bonchev–Trinajstić information content (AvgIpc) is 2.73. The predicted octanol–water partition coefficient (Wildman–Crippen LogP) is 4.02. The number of thioether (sulfide) groups is 1. The van der Waals surface area contributed by atoms with Gasteiger partial charge in [0.15, 0.2) is 0 Å². The van der Waals surface area contributed by atoms with Crippen LogP contribution in [0.5, 0.6) is 0 Å². The second-order valence-corrected chi connectivity index (χ2v) is 7.44. The highest BCUT2D eigenvalue weighted by molar-refractivity contribution is 7.98. The van der Waals surface area contributed by atoms with Crippen molar-refractivity contribution >= 4 is 23.1 Å². The van der Waals surface area contributed by atoms with Crippen LogP contribution in [-0.4, -0.2) is 26.7 Å². The Labute approximate surface area is 173 Å². The maximum Gasteiger partial charge on any atom is 0.293 e. The number of nitro benzene ring substituents is 1. The Morgan fingerprint density at radius 2 is 2.14 bits per heavy atom. The van der Waals surface area contributed by atoms with Crippen LogP contribution in [0.15, 0.2) is 29.3 Å². The van der Waals surface area contributed by atoms with E-state index in [1.807, 2.05) is 19.9 Å². The van der Waals surface area contributed by atoms with Crippen LogP contribution in [0.4, 0.5) is 11.4 Å². The van der Waals surface area contributed by atoms with Gasteiger partial charge in [-0.2, -0.15) is 17.0 Å². The van der Waals surface area contributed by atoms with Crippen LogP contribution >= 0.6 is 11.8 Å². The van der Waals surface area contributed by atoms with Gasteiger partial charge in [0.25, 0.3) is 11.2 Å². The first-order valence-corrected chi connectivity index (χ1v) is 10.8. The van der Waals surface area contributed by atoms with Crippen molar-refractivity contribution < 1.29 is 4.92 Å². The van der Waals surface area contributed by atoms with E-state index in [0.29, 0.717) is 17.3 Å². The molecule has 0 spiro atoms. The SMILES string of the molecule is CC.N#Cc1ccc(NC2CCC2)c([N+](=O)[O-])c1.O=c1[nH]cnc2c1CSCC2. The molecule has 9 heteroatoms. The summed E-state index contributed by atoms with van der Waals surface area (Å²) in [6, 6.07) is 6.74. The number of nitro groups is 1. The number of benzene rings is 1. The molecule has 1 aliphatic heterocycles. The molecule has 0 saturated heterocycles. The molecule has 2 N–H and O–H groups in total. The van der Waals surface area contributed by atoms with Gasteiger partial charge >= 0.3 is 0 Å². The Hall–Kier alpha value is -2.86.